The lowest BCUT2D eigenvalue weighted by Crippen LogP contribution is -2.41. The number of hydrogen-bond acceptors (Lipinski definition) is 4. The maximum atomic E-state index is 12.8. The number of aliphatic hydroxyl groups excluding tert-OH is 1. The molecule has 6 nitrogen and oxygen atoms in total. The van der Waals surface area contributed by atoms with Crippen LogP contribution in [0.2, 0.25) is 0 Å². The number of hydrogen-bond donors (Lipinski definition) is 1. The minimum atomic E-state index is -0.247. The second kappa shape index (κ2) is 6.84. The number of ether oxygens (including phenoxy) is 1. The minimum absolute atomic E-state index is 0.0218. The lowest BCUT2D eigenvalue weighted by Gasteiger charge is -2.24. The van der Waals surface area contributed by atoms with Crippen LogP contribution in [0.3, 0.4) is 0 Å². The summed E-state index contributed by atoms with van der Waals surface area (Å²) in [6.07, 6.45) is 4.02. The quantitative estimate of drug-likeness (QED) is 0.853. The van der Waals surface area contributed by atoms with Gasteiger partial charge in [0.05, 0.1) is 13.2 Å². The van der Waals surface area contributed by atoms with Gasteiger partial charge in [-0.2, -0.15) is 0 Å². The highest BCUT2D eigenvalue weighted by atomic mass is 16.5. The summed E-state index contributed by atoms with van der Waals surface area (Å²) >= 11 is 0. The Balaban J connectivity index is 1.92. The molecule has 0 radical (unpaired) electrons. The molecule has 1 fully saturated rings. The predicted octanol–water partition coefficient (Wildman–Crippen LogP) is 0.345. The van der Waals surface area contributed by atoms with Crippen molar-refractivity contribution in [1.29, 1.82) is 0 Å². The Hall–Kier alpha value is -1.66. The molecule has 2 heterocycles. The Morgan fingerprint density at radius 3 is 2.96 bits per heavy atom. The third-order valence-corrected chi connectivity index (χ3v) is 4.85. The molecule has 1 saturated heterocycles. The van der Waals surface area contributed by atoms with E-state index in [1.54, 1.807) is 22.6 Å². The molecule has 2 aliphatic rings. The van der Waals surface area contributed by atoms with E-state index in [0.29, 0.717) is 26.3 Å². The SMILES string of the molecule is Cn1c2c(cc(C(=O)N3CCOC[C@@H](CO)C3)c1=O)CCCC2. The summed E-state index contributed by atoms with van der Waals surface area (Å²) < 4.78 is 7.06. The highest BCUT2D eigenvalue weighted by molar-refractivity contribution is 5.94. The lowest BCUT2D eigenvalue weighted by atomic mass is 9.94. The second-order valence-corrected chi connectivity index (χ2v) is 6.48. The number of aliphatic hydroxyl groups is 1. The maximum Gasteiger partial charge on any atom is 0.263 e. The van der Waals surface area contributed by atoms with E-state index < -0.39 is 0 Å². The standard InChI is InChI=1S/C17H24N2O4/c1-18-15-5-3-2-4-13(15)8-14(16(18)21)17(22)19-6-7-23-11-12(9-19)10-20/h8,12,20H,2-7,9-11H2,1H3/t12-/m1/s1. The third-order valence-electron chi connectivity index (χ3n) is 4.85. The van der Waals surface area contributed by atoms with Crippen LogP contribution in [0.25, 0.3) is 0 Å². The van der Waals surface area contributed by atoms with E-state index >= 15 is 0 Å². The largest absolute Gasteiger partial charge is 0.396 e. The van der Waals surface area contributed by atoms with Crippen molar-refractivity contribution < 1.29 is 14.6 Å². The number of nitrogens with zero attached hydrogens (tertiary/aromatic N) is 2. The molecule has 6 heteroatoms. The first-order chi connectivity index (χ1) is 11.1. The van der Waals surface area contributed by atoms with Crippen molar-refractivity contribution in [3.63, 3.8) is 0 Å². The summed E-state index contributed by atoms with van der Waals surface area (Å²) in [5.74, 6) is -0.342. The number of rotatable bonds is 2. The Bertz CT molecular complexity index is 653. The van der Waals surface area contributed by atoms with E-state index in [1.165, 1.54) is 0 Å². The van der Waals surface area contributed by atoms with Gasteiger partial charge in [0.15, 0.2) is 0 Å². The molecule has 0 aromatic carbocycles. The fourth-order valence-corrected chi connectivity index (χ4v) is 3.49. The van der Waals surface area contributed by atoms with Crippen LogP contribution in [-0.2, 0) is 24.6 Å². The number of aryl methyl sites for hydroxylation is 1. The van der Waals surface area contributed by atoms with Crippen molar-refractivity contribution in [2.24, 2.45) is 13.0 Å². The van der Waals surface area contributed by atoms with E-state index in [4.69, 9.17) is 4.74 Å². The predicted molar refractivity (Wildman–Crippen MR) is 85.6 cm³/mol. The van der Waals surface area contributed by atoms with E-state index in [9.17, 15) is 14.7 Å². The first-order valence-corrected chi connectivity index (χ1v) is 8.31. The van der Waals surface area contributed by atoms with Crippen LogP contribution in [0.4, 0.5) is 0 Å². The minimum Gasteiger partial charge on any atom is -0.396 e. The molecule has 23 heavy (non-hydrogen) atoms. The molecule has 0 bridgehead atoms. The van der Waals surface area contributed by atoms with Gasteiger partial charge in [0.1, 0.15) is 5.56 Å². The molecule has 1 aromatic rings. The van der Waals surface area contributed by atoms with Crippen molar-refractivity contribution in [2.75, 3.05) is 32.9 Å². The topological polar surface area (TPSA) is 71.8 Å². The Morgan fingerprint density at radius 1 is 1.39 bits per heavy atom. The van der Waals surface area contributed by atoms with Gasteiger partial charge in [-0.15, -0.1) is 0 Å². The van der Waals surface area contributed by atoms with Crippen LogP contribution >= 0.6 is 0 Å². The van der Waals surface area contributed by atoms with Crippen molar-refractivity contribution >= 4 is 5.91 Å². The molecule has 0 saturated carbocycles. The van der Waals surface area contributed by atoms with Crippen LogP contribution < -0.4 is 5.56 Å². The number of pyridine rings is 1. The van der Waals surface area contributed by atoms with Gasteiger partial charge in [-0.1, -0.05) is 0 Å². The molecule has 1 N–H and O–H groups in total. The molecule has 1 amide bonds. The molecule has 0 unspecified atom stereocenters. The number of carbonyl (C=O) groups is 1. The van der Waals surface area contributed by atoms with Crippen LogP contribution in [0, 0.1) is 5.92 Å². The Kier molecular flexibility index (Phi) is 4.82. The van der Waals surface area contributed by atoms with Gasteiger partial charge in [0, 0.05) is 38.4 Å². The highest BCUT2D eigenvalue weighted by Crippen LogP contribution is 2.21. The van der Waals surface area contributed by atoms with Crippen molar-refractivity contribution in [2.45, 2.75) is 25.7 Å². The Labute approximate surface area is 135 Å². The van der Waals surface area contributed by atoms with E-state index in [0.717, 1.165) is 36.9 Å². The van der Waals surface area contributed by atoms with Crippen LogP contribution in [0.1, 0.15) is 34.5 Å². The summed E-state index contributed by atoms with van der Waals surface area (Å²) in [6, 6.07) is 1.79. The van der Waals surface area contributed by atoms with Crippen LogP contribution in [0.15, 0.2) is 10.9 Å². The number of carbonyl (C=O) groups excluding carboxylic acids is 1. The first kappa shape index (κ1) is 16.2. The molecule has 126 valence electrons. The normalized spacial score (nSPS) is 21.7. The molecule has 1 atom stereocenters. The fourth-order valence-electron chi connectivity index (χ4n) is 3.49. The fraction of sp³-hybridized carbons (Fsp3) is 0.647. The van der Waals surface area contributed by atoms with E-state index in [1.807, 2.05) is 0 Å². The average molecular weight is 320 g/mol. The summed E-state index contributed by atoms with van der Waals surface area (Å²) in [7, 11) is 1.76. The monoisotopic (exact) mass is 320 g/mol. The summed E-state index contributed by atoms with van der Waals surface area (Å²) in [4.78, 5) is 27.1. The zero-order valence-electron chi connectivity index (χ0n) is 13.6. The zero-order valence-corrected chi connectivity index (χ0v) is 13.6. The second-order valence-electron chi connectivity index (χ2n) is 6.48. The van der Waals surface area contributed by atoms with E-state index in [2.05, 4.69) is 0 Å². The molecular weight excluding hydrogens is 296 g/mol. The molecular formula is C17H24N2O4. The smallest absolute Gasteiger partial charge is 0.263 e. The Morgan fingerprint density at radius 2 is 2.17 bits per heavy atom. The van der Waals surface area contributed by atoms with Gasteiger partial charge >= 0.3 is 0 Å². The molecule has 1 aromatic heterocycles. The zero-order chi connectivity index (χ0) is 16.4. The van der Waals surface area contributed by atoms with Gasteiger partial charge in [0.25, 0.3) is 11.5 Å². The molecule has 3 rings (SSSR count). The molecule has 1 aliphatic heterocycles. The summed E-state index contributed by atoms with van der Waals surface area (Å²) in [5, 5.41) is 9.36. The van der Waals surface area contributed by atoms with E-state index in [-0.39, 0.29) is 29.6 Å². The van der Waals surface area contributed by atoms with Gasteiger partial charge in [-0.05, 0) is 37.3 Å². The van der Waals surface area contributed by atoms with Crippen LogP contribution in [-0.4, -0.2) is 53.4 Å². The summed E-state index contributed by atoms with van der Waals surface area (Å²) in [5.41, 5.74) is 2.20. The number of amides is 1. The van der Waals surface area contributed by atoms with Gasteiger partial charge in [-0.3, -0.25) is 9.59 Å². The van der Waals surface area contributed by atoms with Crippen LogP contribution in [0.5, 0.6) is 0 Å². The lowest BCUT2D eigenvalue weighted by molar-refractivity contribution is 0.0725. The van der Waals surface area contributed by atoms with Crippen molar-refractivity contribution in [1.82, 2.24) is 9.47 Å². The number of aromatic nitrogens is 1. The van der Waals surface area contributed by atoms with Gasteiger partial charge < -0.3 is 19.3 Å². The molecule has 1 aliphatic carbocycles. The van der Waals surface area contributed by atoms with Crippen molar-refractivity contribution in [3.05, 3.63) is 33.2 Å². The maximum absolute atomic E-state index is 12.8. The first-order valence-electron chi connectivity index (χ1n) is 8.31. The van der Waals surface area contributed by atoms with Gasteiger partial charge in [0.2, 0.25) is 0 Å². The van der Waals surface area contributed by atoms with Crippen molar-refractivity contribution in [3.8, 4) is 0 Å². The average Bonchev–Trinajstić information content (AvgIpc) is 2.83. The molecule has 0 spiro atoms. The highest BCUT2D eigenvalue weighted by Gasteiger charge is 2.26. The third kappa shape index (κ3) is 3.19. The van der Waals surface area contributed by atoms with Gasteiger partial charge in [-0.25, -0.2) is 0 Å². The summed E-state index contributed by atoms with van der Waals surface area (Å²) in [6.45, 7) is 1.74. The number of fused-ring (bicyclic) bond motifs is 1.